The number of thiophene rings is 1. The van der Waals surface area contributed by atoms with Crippen molar-refractivity contribution in [2.45, 2.75) is 52.0 Å². The van der Waals surface area contributed by atoms with Crippen LogP contribution in [0.2, 0.25) is 0 Å². The van der Waals surface area contributed by atoms with Gasteiger partial charge in [0.05, 0.1) is 27.3 Å². The van der Waals surface area contributed by atoms with Crippen LogP contribution in [-0.4, -0.2) is 55.5 Å². The molecule has 1 saturated carbocycles. The van der Waals surface area contributed by atoms with Gasteiger partial charge in [-0.1, -0.05) is 31.9 Å². The van der Waals surface area contributed by atoms with Gasteiger partial charge in [-0.15, -0.1) is 11.3 Å². The SMILES string of the molecule is CCCCN(CC(=O)N(CCc1ccc(OC)c(OC)c1)Cc1cccs1)C(=O)C1CCC1. The van der Waals surface area contributed by atoms with E-state index >= 15 is 0 Å². The number of carbonyl (C=O) groups excluding carboxylic acids is 2. The Kier molecular flexibility index (Phi) is 9.61. The van der Waals surface area contributed by atoms with Gasteiger partial charge in [-0.2, -0.15) is 0 Å². The molecule has 0 atom stereocenters. The lowest BCUT2D eigenvalue weighted by Gasteiger charge is -2.33. The summed E-state index contributed by atoms with van der Waals surface area (Å²) in [6.07, 6.45) is 5.63. The molecule has 7 heteroatoms. The average Bonchev–Trinajstić information content (AvgIpc) is 3.30. The first-order valence-corrected chi connectivity index (χ1v) is 12.7. The average molecular weight is 473 g/mol. The van der Waals surface area contributed by atoms with Crippen molar-refractivity contribution in [1.82, 2.24) is 9.80 Å². The molecule has 1 aliphatic rings. The lowest BCUT2D eigenvalue weighted by Crippen LogP contribution is -2.46. The lowest BCUT2D eigenvalue weighted by molar-refractivity contribution is -0.145. The summed E-state index contributed by atoms with van der Waals surface area (Å²) >= 11 is 1.65. The molecule has 0 unspecified atom stereocenters. The molecule has 0 spiro atoms. The summed E-state index contributed by atoms with van der Waals surface area (Å²) in [4.78, 5) is 31.2. The minimum absolute atomic E-state index is 0.00709. The van der Waals surface area contributed by atoms with Gasteiger partial charge in [-0.05, 0) is 54.8 Å². The summed E-state index contributed by atoms with van der Waals surface area (Å²) in [6, 6.07) is 9.91. The predicted octanol–water partition coefficient (Wildman–Crippen LogP) is 4.77. The van der Waals surface area contributed by atoms with E-state index in [-0.39, 0.29) is 24.3 Å². The number of benzene rings is 1. The fraction of sp³-hybridized carbons (Fsp3) is 0.538. The lowest BCUT2D eigenvalue weighted by atomic mass is 9.84. The van der Waals surface area contributed by atoms with E-state index in [9.17, 15) is 9.59 Å². The first-order chi connectivity index (χ1) is 16.0. The molecule has 1 heterocycles. The number of carbonyl (C=O) groups is 2. The largest absolute Gasteiger partial charge is 0.493 e. The molecular formula is C26H36N2O4S. The van der Waals surface area contributed by atoms with E-state index in [1.165, 1.54) is 0 Å². The predicted molar refractivity (Wildman–Crippen MR) is 132 cm³/mol. The maximum atomic E-state index is 13.4. The van der Waals surface area contributed by atoms with Gasteiger partial charge in [0.15, 0.2) is 11.5 Å². The standard InChI is InChI=1S/C26H36N2O4S/c1-4-5-14-28(26(30)21-8-6-9-21)19-25(29)27(18-22-10-7-16-33-22)15-13-20-11-12-23(31-2)24(17-20)32-3/h7,10-12,16-17,21H,4-6,8-9,13-15,18-19H2,1-3H3. The Hall–Kier alpha value is -2.54. The fourth-order valence-corrected chi connectivity index (χ4v) is 4.70. The van der Waals surface area contributed by atoms with E-state index in [0.29, 0.717) is 37.6 Å². The molecule has 0 bridgehead atoms. The Labute approximate surface area is 201 Å². The van der Waals surface area contributed by atoms with Crippen LogP contribution >= 0.6 is 11.3 Å². The minimum Gasteiger partial charge on any atom is -0.493 e. The zero-order chi connectivity index (χ0) is 23.6. The van der Waals surface area contributed by atoms with Crippen LogP contribution < -0.4 is 9.47 Å². The molecular weight excluding hydrogens is 436 g/mol. The maximum Gasteiger partial charge on any atom is 0.242 e. The van der Waals surface area contributed by atoms with Gasteiger partial charge in [0, 0.05) is 23.9 Å². The molecule has 1 aliphatic carbocycles. The second-order valence-electron chi connectivity index (χ2n) is 8.58. The minimum atomic E-state index is 0.00709. The second kappa shape index (κ2) is 12.6. The number of unbranched alkanes of at least 4 members (excludes halogenated alkanes) is 1. The summed E-state index contributed by atoms with van der Waals surface area (Å²) in [6.45, 7) is 4.06. The topological polar surface area (TPSA) is 59.1 Å². The van der Waals surface area contributed by atoms with Gasteiger partial charge in [-0.25, -0.2) is 0 Å². The fourth-order valence-electron chi connectivity index (χ4n) is 3.98. The highest BCUT2D eigenvalue weighted by atomic mass is 32.1. The molecule has 3 rings (SSSR count). The highest BCUT2D eigenvalue weighted by molar-refractivity contribution is 7.09. The number of methoxy groups -OCH3 is 2. The third-order valence-corrected chi connectivity index (χ3v) is 7.13. The van der Waals surface area contributed by atoms with Gasteiger partial charge in [-0.3, -0.25) is 9.59 Å². The van der Waals surface area contributed by atoms with Crippen LogP contribution in [0.15, 0.2) is 35.7 Å². The van der Waals surface area contributed by atoms with E-state index in [2.05, 4.69) is 13.0 Å². The van der Waals surface area contributed by atoms with Crippen LogP contribution in [0.1, 0.15) is 49.5 Å². The molecule has 0 radical (unpaired) electrons. The molecule has 1 aromatic carbocycles. The summed E-state index contributed by atoms with van der Waals surface area (Å²) in [5.41, 5.74) is 1.07. The Bertz CT molecular complexity index is 896. The molecule has 2 amide bonds. The molecule has 180 valence electrons. The van der Waals surface area contributed by atoms with E-state index in [4.69, 9.17) is 9.47 Å². The smallest absolute Gasteiger partial charge is 0.242 e. The Balaban J connectivity index is 1.70. The van der Waals surface area contributed by atoms with Crippen molar-refractivity contribution in [2.24, 2.45) is 5.92 Å². The van der Waals surface area contributed by atoms with E-state index in [1.54, 1.807) is 30.5 Å². The van der Waals surface area contributed by atoms with E-state index in [0.717, 1.165) is 42.5 Å². The third-order valence-electron chi connectivity index (χ3n) is 6.27. The zero-order valence-corrected chi connectivity index (χ0v) is 20.9. The van der Waals surface area contributed by atoms with Crippen molar-refractivity contribution in [2.75, 3.05) is 33.9 Å². The number of hydrogen-bond donors (Lipinski definition) is 0. The molecule has 0 saturated heterocycles. The van der Waals surface area contributed by atoms with Gasteiger partial charge < -0.3 is 19.3 Å². The van der Waals surface area contributed by atoms with E-state index < -0.39 is 0 Å². The highest BCUT2D eigenvalue weighted by Crippen LogP contribution is 2.29. The Morgan fingerprint density at radius 2 is 1.85 bits per heavy atom. The van der Waals surface area contributed by atoms with Crippen molar-refractivity contribution in [1.29, 1.82) is 0 Å². The van der Waals surface area contributed by atoms with Crippen LogP contribution in [0.4, 0.5) is 0 Å². The number of amides is 2. The Morgan fingerprint density at radius 1 is 1.06 bits per heavy atom. The quantitative estimate of drug-likeness (QED) is 0.422. The maximum absolute atomic E-state index is 13.4. The van der Waals surface area contributed by atoms with Gasteiger partial charge in [0.25, 0.3) is 0 Å². The summed E-state index contributed by atoms with van der Waals surface area (Å²) in [7, 11) is 3.24. The van der Waals surface area contributed by atoms with Gasteiger partial charge in [0.1, 0.15) is 0 Å². The van der Waals surface area contributed by atoms with Crippen molar-refractivity contribution in [3.63, 3.8) is 0 Å². The molecule has 1 fully saturated rings. The number of ether oxygens (including phenoxy) is 2. The molecule has 0 N–H and O–H groups in total. The number of hydrogen-bond acceptors (Lipinski definition) is 5. The normalized spacial score (nSPS) is 13.3. The zero-order valence-electron chi connectivity index (χ0n) is 20.0. The highest BCUT2D eigenvalue weighted by Gasteiger charge is 2.31. The van der Waals surface area contributed by atoms with Crippen LogP contribution in [0.25, 0.3) is 0 Å². The second-order valence-corrected chi connectivity index (χ2v) is 9.61. The molecule has 1 aromatic heterocycles. The number of rotatable bonds is 13. The van der Waals surface area contributed by atoms with E-state index in [1.807, 2.05) is 34.5 Å². The molecule has 0 aliphatic heterocycles. The molecule has 6 nitrogen and oxygen atoms in total. The van der Waals surface area contributed by atoms with Crippen LogP contribution in [0, 0.1) is 5.92 Å². The van der Waals surface area contributed by atoms with Crippen molar-refractivity contribution in [3.05, 3.63) is 46.2 Å². The van der Waals surface area contributed by atoms with Crippen LogP contribution in [0.5, 0.6) is 11.5 Å². The van der Waals surface area contributed by atoms with Crippen molar-refractivity contribution >= 4 is 23.2 Å². The first kappa shape index (κ1) is 25.1. The third kappa shape index (κ3) is 6.97. The van der Waals surface area contributed by atoms with Crippen molar-refractivity contribution < 1.29 is 19.1 Å². The summed E-state index contributed by atoms with van der Waals surface area (Å²) in [5.74, 6) is 1.63. The van der Waals surface area contributed by atoms with Crippen LogP contribution in [0.3, 0.4) is 0 Å². The van der Waals surface area contributed by atoms with Gasteiger partial charge >= 0.3 is 0 Å². The van der Waals surface area contributed by atoms with Crippen LogP contribution in [-0.2, 0) is 22.6 Å². The monoisotopic (exact) mass is 472 g/mol. The number of nitrogens with zero attached hydrogens (tertiary/aromatic N) is 2. The molecule has 2 aromatic rings. The summed E-state index contributed by atoms with van der Waals surface area (Å²) in [5, 5.41) is 2.03. The Morgan fingerprint density at radius 3 is 2.45 bits per heavy atom. The first-order valence-electron chi connectivity index (χ1n) is 11.9. The molecule has 33 heavy (non-hydrogen) atoms. The van der Waals surface area contributed by atoms with Crippen molar-refractivity contribution in [3.8, 4) is 11.5 Å². The van der Waals surface area contributed by atoms with Gasteiger partial charge in [0.2, 0.25) is 11.8 Å². The summed E-state index contributed by atoms with van der Waals surface area (Å²) < 4.78 is 10.8.